The van der Waals surface area contributed by atoms with Crippen LogP contribution in [0.5, 0.6) is 11.5 Å². The van der Waals surface area contributed by atoms with E-state index in [1.54, 1.807) is 26.4 Å². The maximum absolute atomic E-state index is 13.1. The molecule has 0 N–H and O–H groups in total. The summed E-state index contributed by atoms with van der Waals surface area (Å²) in [7, 11) is 3.12. The number of fused-ring (bicyclic) bond motifs is 2. The summed E-state index contributed by atoms with van der Waals surface area (Å²) in [6.07, 6.45) is 0.808. The number of para-hydroxylation sites is 1. The van der Waals surface area contributed by atoms with Gasteiger partial charge in [-0.3, -0.25) is 4.79 Å². The normalized spacial score (nSPS) is 21.4. The number of methoxy groups -OCH3 is 2. The Labute approximate surface area is 147 Å². The topological polar surface area (TPSA) is 48.0 Å². The van der Waals surface area contributed by atoms with E-state index in [1.165, 1.54) is 11.1 Å². The fraction of sp³-hybridized carbons (Fsp3) is 0.350. The standard InChI is InChI=1S/C20H21NO4/c1-23-17-9-5-7-15(18(17)24-2)19(22)21-11-10-20(13-21)16-8-4-3-6-14(16)12-25-20/h3-9H,10-13H2,1-2H3. The Morgan fingerprint density at radius 2 is 1.96 bits per heavy atom. The number of ether oxygens (including phenoxy) is 3. The number of benzene rings is 2. The summed E-state index contributed by atoms with van der Waals surface area (Å²) in [5, 5.41) is 0. The number of carbonyl (C=O) groups is 1. The minimum atomic E-state index is -0.377. The molecule has 1 amide bonds. The summed E-state index contributed by atoms with van der Waals surface area (Å²) < 4.78 is 16.9. The summed E-state index contributed by atoms with van der Waals surface area (Å²) in [5.74, 6) is 0.981. The van der Waals surface area contributed by atoms with Crippen molar-refractivity contribution in [2.75, 3.05) is 27.3 Å². The van der Waals surface area contributed by atoms with Crippen LogP contribution in [0.1, 0.15) is 27.9 Å². The van der Waals surface area contributed by atoms with Crippen molar-refractivity contribution in [3.63, 3.8) is 0 Å². The zero-order valence-corrected chi connectivity index (χ0v) is 14.5. The van der Waals surface area contributed by atoms with Gasteiger partial charge in [0, 0.05) is 6.54 Å². The number of nitrogens with zero attached hydrogens (tertiary/aromatic N) is 1. The molecule has 1 saturated heterocycles. The SMILES string of the molecule is COc1cccc(C(=O)N2CCC3(C2)OCc2ccccc23)c1OC. The molecule has 0 radical (unpaired) electrons. The molecule has 2 aliphatic heterocycles. The number of rotatable bonds is 3. The van der Waals surface area contributed by atoms with Crippen LogP contribution in [0.3, 0.4) is 0 Å². The lowest BCUT2D eigenvalue weighted by atomic mass is 9.92. The van der Waals surface area contributed by atoms with Gasteiger partial charge in [-0.05, 0) is 29.7 Å². The van der Waals surface area contributed by atoms with Crippen LogP contribution in [-0.2, 0) is 16.9 Å². The molecule has 5 heteroatoms. The van der Waals surface area contributed by atoms with Crippen molar-refractivity contribution in [1.29, 1.82) is 0 Å². The second-order valence-corrected chi connectivity index (χ2v) is 6.46. The first kappa shape index (κ1) is 16.0. The lowest BCUT2D eigenvalue weighted by molar-refractivity contribution is -0.0283. The molecule has 2 aliphatic rings. The van der Waals surface area contributed by atoms with E-state index in [9.17, 15) is 4.79 Å². The van der Waals surface area contributed by atoms with E-state index in [4.69, 9.17) is 14.2 Å². The van der Waals surface area contributed by atoms with E-state index in [2.05, 4.69) is 12.1 Å². The van der Waals surface area contributed by atoms with Crippen LogP contribution in [0.25, 0.3) is 0 Å². The fourth-order valence-electron chi connectivity index (χ4n) is 3.90. The first-order chi connectivity index (χ1) is 12.2. The molecule has 2 aromatic carbocycles. The predicted molar refractivity (Wildman–Crippen MR) is 93.0 cm³/mol. The van der Waals surface area contributed by atoms with E-state index in [-0.39, 0.29) is 11.5 Å². The van der Waals surface area contributed by atoms with Gasteiger partial charge < -0.3 is 19.1 Å². The van der Waals surface area contributed by atoms with Gasteiger partial charge >= 0.3 is 0 Å². The van der Waals surface area contributed by atoms with Crippen LogP contribution < -0.4 is 9.47 Å². The van der Waals surface area contributed by atoms with Gasteiger partial charge in [-0.25, -0.2) is 0 Å². The number of hydrogen-bond acceptors (Lipinski definition) is 4. The van der Waals surface area contributed by atoms with Crippen molar-refractivity contribution in [1.82, 2.24) is 4.90 Å². The lowest BCUT2D eigenvalue weighted by Crippen LogP contribution is -2.34. The minimum absolute atomic E-state index is 0.0550. The molecule has 130 valence electrons. The molecular weight excluding hydrogens is 318 g/mol. The largest absolute Gasteiger partial charge is 0.493 e. The van der Waals surface area contributed by atoms with E-state index >= 15 is 0 Å². The number of hydrogen-bond donors (Lipinski definition) is 0. The highest BCUT2D eigenvalue weighted by molar-refractivity contribution is 5.98. The Balaban J connectivity index is 1.62. The molecular formula is C20H21NO4. The highest BCUT2D eigenvalue weighted by Crippen LogP contribution is 2.44. The van der Waals surface area contributed by atoms with Crippen molar-refractivity contribution in [3.8, 4) is 11.5 Å². The molecule has 4 rings (SSSR count). The van der Waals surface area contributed by atoms with E-state index < -0.39 is 0 Å². The van der Waals surface area contributed by atoms with Gasteiger partial charge in [-0.2, -0.15) is 0 Å². The Morgan fingerprint density at radius 1 is 1.12 bits per heavy atom. The van der Waals surface area contributed by atoms with Crippen molar-refractivity contribution in [2.24, 2.45) is 0 Å². The monoisotopic (exact) mass is 339 g/mol. The van der Waals surface area contributed by atoms with Crippen LogP contribution in [0.2, 0.25) is 0 Å². The van der Waals surface area contributed by atoms with Gasteiger partial charge in [0.2, 0.25) is 0 Å². The molecule has 1 spiro atoms. The molecule has 0 saturated carbocycles. The third-order valence-corrected chi connectivity index (χ3v) is 5.16. The summed E-state index contributed by atoms with van der Waals surface area (Å²) in [4.78, 5) is 14.9. The second-order valence-electron chi connectivity index (χ2n) is 6.46. The number of carbonyl (C=O) groups excluding carboxylic acids is 1. The van der Waals surface area contributed by atoms with Crippen LogP contribution in [0.4, 0.5) is 0 Å². The van der Waals surface area contributed by atoms with Crippen LogP contribution in [0.15, 0.2) is 42.5 Å². The Kier molecular flexibility index (Phi) is 3.88. The summed E-state index contributed by atoms with van der Waals surface area (Å²) in [5.41, 5.74) is 2.57. The van der Waals surface area contributed by atoms with Gasteiger partial charge in [0.05, 0.1) is 32.9 Å². The van der Waals surface area contributed by atoms with Gasteiger partial charge in [0.1, 0.15) is 5.60 Å². The van der Waals surface area contributed by atoms with Gasteiger partial charge in [-0.15, -0.1) is 0 Å². The third kappa shape index (κ3) is 2.46. The molecule has 2 aromatic rings. The summed E-state index contributed by atoms with van der Waals surface area (Å²) in [6.45, 7) is 1.83. The van der Waals surface area contributed by atoms with Gasteiger partial charge in [0.15, 0.2) is 11.5 Å². The molecule has 0 aliphatic carbocycles. The molecule has 2 heterocycles. The van der Waals surface area contributed by atoms with Crippen molar-refractivity contribution in [3.05, 3.63) is 59.2 Å². The first-order valence-electron chi connectivity index (χ1n) is 8.41. The molecule has 0 aromatic heterocycles. The van der Waals surface area contributed by atoms with Crippen molar-refractivity contribution < 1.29 is 19.0 Å². The zero-order chi connectivity index (χ0) is 17.4. The molecule has 5 nitrogen and oxygen atoms in total. The zero-order valence-electron chi connectivity index (χ0n) is 14.5. The summed E-state index contributed by atoms with van der Waals surface area (Å²) in [6, 6.07) is 13.6. The number of amides is 1. The van der Waals surface area contributed by atoms with Crippen molar-refractivity contribution >= 4 is 5.91 Å². The molecule has 1 atom stereocenters. The molecule has 1 fully saturated rings. The number of likely N-dealkylation sites (tertiary alicyclic amines) is 1. The van der Waals surface area contributed by atoms with Gasteiger partial charge in [-0.1, -0.05) is 30.3 Å². The maximum atomic E-state index is 13.1. The lowest BCUT2D eigenvalue weighted by Gasteiger charge is -2.25. The van der Waals surface area contributed by atoms with E-state index in [0.29, 0.717) is 36.8 Å². The second kappa shape index (κ2) is 6.08. The van der Waals surface area contributed by atoms with Gasteiger partial charge in [0.25, 0.3) is 5.91 Å². The highest BCUT2D eigenvalue weighted by Gasteiger charge is 2.47. The van der Waals surface area contributed by atoms with Crippen LogP contribution in [-0.4, -0.2) is 38.1 Å². The smallest absolute Gasteiger partial charge is 0.257 e. The quantitative estimate of drug-likeness (QED) is 0.863. The van der Waals surface area contributed by atoms with Crippen LogP contribution >= 0.6 is 0 Å². The maximum Gasteiger partial charge on any atom is 0.257 e. The first-order valence-corrected chi connectivity index (χ1v) is 8.41. The third-order valence-electron chi connectivity index (χ3n) is 5.16. The average molecular weight is 339 g/mol. The minimum Gasteiger partial charge on any atom is -0.493 e. The molecule has 1 unspecified atom stereocenters. The highest BCUT2D eigenvalue weighted by atomic mass is 16.5. The molecule has 25 heavy (non-hydrogen) atoms. The summed E-state index contributed by atoms with van der Waals surface area (Å²) >= 11 is 0. The molecule has 0 bridgehead atoms. The van der Waals surface area contributed by atoms with Crippen LogP contribution in [0, 0.1) is 0 Å². The van der Waals surface area contributed by atoms with E-state index in [1.807, 2.05) is 23.1 Å². The van der Waals surface area contributed by atoms with E-state index in [0.717, 1.165) is 6.42 Å². The predicted octanol–water partition coefficient (Wildman–Crippen LogP) is 2.98. The average Bonchev–Trinajstić information content (AvgIpc) is 3.26. The Morgan fingerprint density at radius 3 is 2.76 bits per heavy atom. The fourth-order valence-corrected chi connectivity index (χ4v) is 3.90. The Hall–Kier alpha value is -2.53. The van der Waals surface area contributed by atoms with Crippen molar-refractivity contribution in [2.45, 2.75) is 18.6 Å². The Bertz CT molecular complexity index is 819.